The Morgan fingerprint density at radius 1 is 1.21 bits per heavy atom. The average Bonchev–Trinajstić information content (AvgIpc) is 2.29. The summed E-state index contributed by atoms with van der Waals surface area (Å²) in [5.74, 6) is 2.27. The van der Waals surface area contributed by atoms with E-state index in [1.165, 1.54) is 19.3 Å². The van der Waals surface area contributed by atoms with Gasteiger partial charge in [0.15, 0.2) is 0 Å². The first-order chi connectivity index (χ1) is 9.33. The first kappa shape index (κ1) is 13.0. The van der Waals surface area contributed by atoms with Crippen molar-refractivity contribution in [3.05, 3.63) is 17.3 Å². The fourth-order valence-corrected chi connectivity index (χ4v) is 2.29. The number of pyridine rings is 1. The molecule has 0 bridgehead atoms. The van der Waals surface area contributed by atoms with Gasteiger partial charge < -0.3 is 14.2 Å². The lowest BCUT2D eigenvalue weighted by molar-refractivity contribution is -0.0508. The third-order valence-corrected chi connectivity index (χ3v) is 4.03. The Hall–Kier alpha value is -1.00. The first-order valence-corrected chi connectivity index (χ1v) is 7.18. The fraction of sp³-hybridized carbons (Fsp3) is 0.643. The number of rotatable bonds is 6. The standard InChI is InChI=1S/C14H18ClNO3/c15-13-12(18-9-11-6-17-7-11)4-5-16-14(13)19-8-10-2-1-3-10/h4-5,10-11H,1-3,6-9H2. The maximum atomic E-state index is 6.25. The summed E-state index contributed by atoms with van der Waals surface area (Å²) >= 11 is 6.25. The second-order valence-electron chi connectivity index (χ2n) is 5.25. The molecule has 2 fully saturated rings. The van der Waals surface area contributed by atoms with Crippen LogP contribution in [0.3, 0.4) is 0 Å². The van der Waals surface area contributed by atoms with Gasteiger partial charge in [0, 0.05) is 18.2 Å². The van der Waals surface area contributed by atoms with Crippen LogP contribution >= 0.6 is 11.6 Å². The van der Waals surface area contributed by atoms with E-state index < -0.39 is 0 Å². The molecule has 5 heteroatoms. The van der Waals surface area contributed by atoms with Crippen molar-refractivity contribution in [2.45, 2.75) is 19.3 Å². The van der Waals surface area contributed by atoms with Crippen LogP contribution in [-0.2, 0) is 4.74 Å². The van der Waals surface area contributed by atoms with Gasteiger partial charge in [-0.1, -0.05) is 18.0 Å². The van der Waals surface area contributed by atoms with Gasteiger partial charge >= 0.3 is 0 Å². The summed E-state index contributed by atoms with van der Waals surface area (Å²) in [6.07, 6.45) is 5.47. The van der Waals surface area contributed by atoms with Crippen molar-refractivity contribution in [1.82, 2.24) is 4.98 Å². The normalized spacial score (nSPS) is 19.6. The second kappa shape index (κ2) is 5.97. The van der Waals surface area contributed by atoms with Crippen LogP contribution in [0.25, 0.3) is 0 Å². The minimum Gasteiger partial charge on any atom is -0.491 e. The van der Waals surface area contributed by atoms with E-state index in [2.05, 4.69) is 4.98 Å². The molecule has 0 atom stereocenters. The monoisotopic (exact) mass is 283 g/mol. The summed E-state index contributed by atoms with van der Waals surface area (Å²) in [6.45, 7) is 2.87. The average molecular weight is 284 g/mol. The molecule has 19 heavy (non-hydrogen) atoms. The topological polar surface area (TPSA) is 40.6 Å². The van der Waals surface area contributed by atoms with E-state index in [9.17, 15) is 0 Å². The fourth-order valence-electron chi connectivity index (χ4n) is 2.06. The van der Waals surface area contributed by atoms with Crippen LogP contribution in [0.15, 0.2) is 12.3 Å². The van der Waals surface area contributed by atoms with Gasteiger partial charge in [0.2, 0.25) is 5.88 Å². The van der Waals surface area contributed by atoms with E-state index in [-0.39, 0.29) is 0 Å². The minimum atomic E-state index is 0.474. The van der Waals surface area contributed by atoms with Crippen molar-refractivity contribution in [2.75, 3.05) is 26.4 Å². The van der Waals surface area contributed by atoms with Crippen LogP contribution in [0.2, 0.25) is 5.02 Å². The summed E-state index contributed by atoms with van der Waals surface area (Å²) in [4.78, 5) is 4.17. The van der Waals surface area contributed by atoms with Gasteiger partial charge in [-0.3, -0.25) is 0 Å². The van der Waals surface area contributed by atoms with Crippen LogP contribution in [0.5, 0.6) is 11.6 Å². The van der Waals surface area contributed by atoms with Gasteiger partial charge in [-0.25, -0.2) is 4.98 Å². The molecule has 1 saturated carbocycles. The zero-order valence-corrected chi connectivity index (χ0v) is 11.6. The molecule has 1 aliphatic carbocycles. The molecule has 2 aliphatic rings. The Bertz CT molecular complexity index is 396. The van der Waals surface area contributed by atoms with E-state index in [0.717, 1.165) is 13.2 Å². The second-order valence-corrected chi connectivity index (χ2v) is 5.63. The number of hydrogen-bond donors (Lipinski definition) is 0. The molecule has 0 spiro atoms. The summed E-state index contributed by atoms with van der Waals surface area (Å²) < 4.78 is 16.5. The molecule has 4 nitrogen and oxygen atoms in total. The molecular weight excluding hydrogens is 266 g/mol. The highest BCUT2D eigenvalue weighted by Gasteiger charge is 2.21. The Morgan fingerprint density at radius 2 is 2.00 bits per heavy atom. The maximum Gasteiger partial charge on any atom is 0.236 e. The van der Waals surface area contributed by atoms with Crippen molar-refractivity contribution in [2.24, 2.45) is 11.8 Å². The lowest BCUT2D eigenvalue weighted by Crippen LogP contribution is -2.32. The van der Waals surface area contributed by atoms with Crippen molar-refractivity contribution in [1.29, 1.82) is 0 Å². The van der Waals surface area contributed by atoms with E-state index in [1.807, 2.05) is 0 Å². The summed E-state index contributed by atoms with van der Waals surface area (Å²) in [5.41, 5.74) is 0. The quantitative estimate of drug-likeness (QED) is 0.805. The zero-order chi connectivity index (χ0) is 13.1. The van der Waals surface area contributed by atoms with E-state index in [0.29, 0.717) is 41.7 Å². The Labute approximate surface area is 118 Å². The SMILES string of the molecule is Clc1c(OCC2COC2)ccnc1OCC1CCC1. The van der Waals surface area contributed by atoms with Gasteiger partial charge in [-0.05, 0) is 18.8 Å². The lowest BCUT2D eigenvalue weighted by Gasteiger charge is -2.26. The van der Waals surface area contributed by atoms with E-state index in [4.69, 9.17) is 25.8 Å². The van der Waals surface area contributed by atoms with Gasteiger partial charge in [0.05, 0.1) is 26.4 Å². The van der Waals surface area contributed by atoms with Crippen LogP contribution < -0.4 is 9.47 Å². The highest BCUT2D eigenvalue weighted by molar-refractivity contribution is 6.33. The zero-order valence-electron chi connectivity index (χ0n) is 10.8. The molecule has 104 valence electrons. The Kier molecular flexibility index (Phi) is 4.09. The van der Waals surface area contributed by atoms with Crippen molar-refractivity contribution in [3.63, 3.8) is 0 Å². The van der Waals surface area contributed by atoms with Gasteiger partial charge in [-0.15, -0.1) is 0 Å². The van der Waals surface area contributed by atoms with E-state index in [1.54, 1.807) is 12.3 Å². The molecule has 1 saturated heterocycles. The molecular formula is C14H18ClNO3. The summed E-state index contributed by atoms with van der Waals surface area (Å²) in [6, 6.07) is 1.78. The molecule has 3 rings (SSSR count). The largest absolute Gasteiger partial charge is 0.491 e. The highest BCUT2D eigenvalue weighted by atomic mass is 35.5. The third kappa shape index (κ3) is 3.12. The molecule has 0 unspecified atom stereocenters. The molecule has 1 aromatic heterocycles. The predicted molar refractivity (Wildman–Crippen MR) is 71.9 cm³/mol. The molecule has 1 aromatic rings. The lowest BCUT2D eigenvalue weighted by atomic mass is 9.86. The number of hydrogen-bond acceptors (Lipinski definition) is 4. The predicted octanol–water partition coefficient (Wildman–Crippen LogP) is 2.94. The number of ether oxygens (including phenoxy) is 3. The van der Waals surface area contributed by atoms with Crippen LogP contribution in [-0.4, -0.2) is 31.4 Å². The number of aromatic nitrogens is 1. The molecule has 0 radical (unpaired) electrons. The number of nitrogens with zero attached hydrogens (tertiary/aromatic N) is 1. The van der Waals surface area contributed by atoms with Crippen LogP contribution in [0, 0.1) is 11.8 Å². The Balaban J connectivity index is 1.56. The summed E-state index contributed by atoms with van der Waals surface area (Å²) in [7, 11) is 0. The smallest absolute Gasteiger partial charge is 0.236 e. The van der Waals surface area contributed by atoms with Gasteiger partial charge in [0.25, 0.3) is 0 Å². The third-order valence-electron chi connectivity index (χ3n) is 3.68. The molecule has 0 aromatic carbocycles. The highest BCUT2D eigenvalue weighted by Crippen LogP contribution is 2.34. The first-order valence-electron chi connectivity index (χ1n) is 6.81. The maximum absolute atomic E-state index is 6.25. The van der Waals surface area contributed by atoms with Crippen molar-refractivity contribution >= 4 is 11.6 Å². The van der Waals surface area contributed by atoms with Gasteiger partial charge in [-0.2, -0.15) is 0 Å². The molecule has 2 heterocycles. The molecule has 0 amide bonds. The van der Waals surface area contributed by atoms with Crippen LogP contribution in [0.4, 0.5) is 0 Å². The van der Waals surface area contributed by atoms with Crippen molar-refractivity contribution < 1.29 is 14.2 Å². The summed E-state index contributed by atoms with van der Waals surface area (Å²) in [5, 5.41) is 0.474. The van der Waals surface area contributed by atoms with Crippen molar-refractivity contribution in [3.8, 4) is 11.6 Å². The molecule has 1 aliphatic heterocycles. The van der Waals surface area contributed by atoms with Crippen LogP contribution in [0.1, 0.15) is 19.3 Å². The minimum absolute atomic E-state index is 0.474. The van der Waals surface area contributed by atoms with Gasteiger partial charge in [0.1, 0.15) is 10.8 Å². The molecule has 0 N–H and O–H groups in total. The Morgan fingerprint density at radius 3 is 2.63 bits per heavy atom. The van der Waals surface area contributed by atoms with E-state index >= 15 is 0 Å². The number of halogens is 1.